The monoisotopic (exact) mass is 243 g/mol. The van der Waals surface area contributed by atoms with Gasteiger partial charge in [-0.2, -0.15) is 0 Å². The van der Waals surface area contributed by atoms with Gasteiger partial charge in [-0.1, -0.05) is 30.3 Å². The molecule has 88 valence electrons. The maximum Gasteiger partial charge on any atom is 0.414 e. The Bertz CT molecular complexity index is 393. The van der Waals surface area contributed by atoms with Crippen molar-refractivity contribution in [3.63, 3.8) is 0 Å². The summed E-state index contributed by atoms with van der Waals surface area (Å²) in [7, 11) is -1.81. The summed E-state index contributed by atoms with van der Waals surface area (Å²) in [5.41, 5.74) is 0.862. The van der Waals surface area contributed by atoms with E-state index in [1.807, 2.05) is 30.3 Å². The van der Waals surface area contributed by atoms with Gasteiger partial charge in [-0.25, -0.2) is 4.79 Å². The molecule has 0 bridgehead atoms. The molecule has 0 spiro atoms. The Balaban J connectivity index is 2.40. The number of carbonyl (C=O) groups is 1. The second-order valence-corrected chi connectivity index (χ2v) is 5.48. The molecule has 0 saturated heterocycles. The number of rotatable bonds is 4. The van der Waals surface area contributed by atoms with Crippen LogP contribution in [0.4, 0.5) is 4.79 Å². The van der Waals surface area contributed by atoms with Gasteiger partial charge in [-0.05, 0) is 5.56 Å². The van der Waals surface area contributed by atoms with E-state index in [1.54, 1.807) is 0 Å². The van der Waals surface area contributed by atoms with Gasteiger partial charge in [0.1, 0.15) is 6.61 Å². The van der Waals surface area contributed by atoms with Crippen LogP contribution in [0.1, 0.15) is 5.56 Å². The summed E-state index contributed by atoms with van der Waals surface area (Å²) in [6, 6.07) is 9.21. The first kappa shape index (κ1) is 12.7. The van der Waals surface area contributed by atoms with Gasteiger partial charge in [0, 0.05) is 13.8 Å². The molecular formula is C10H14NO4P. The van der Waals surface area contributed by atoms with Crippen LogP contribution in [0, 0.1) is 0 Å². The normalized spacial score (nSPS) is 13.9. The third-order valence-electron chi connectivity index (χ3n) is 1.86. The highest BCUT2D eigenvalue weighted by Gasteiger charge is 2.17. The lowest BCUT2D eigenvalue weighted by molar-refractivity contribution is 0.144. The Morgan fingerprint density at radius 3 is 2.56 bits per heavy atom. The Morgan fingerprint density at radius 1 is 1.38 bits per heavy atom. The van der Waals surface area contributed by atoms with Crippen LogP contribution in [0.25, 0.3) is 0 Å². The maximum atomic E-state index is 11.4. The van der Waals surface area contributed by atoms with E-state index < -0.39 is 13.6 Å². The van der Waals surface area contributed by atoms with Gasteiger partial charge in [0.05, 0.1) is 0 Å². The van der Waals surface area contributed by atoms with Gasteiger partial charge in [0.15, 0.2) is 0 Å². The smallest absolute Gasteiger partial charge is 0.414 e. The van der Waals surface area contributed by atoms with Crippen molar-refractivity contribution in [1.82, 2.24) is 5.09 Å². The number of amides is 1. The molecule has 0 aliphatic heterocycles. The van der Waals surface area contributed by atoms with Gasteiger partial charge in [0.25, 0.3) is 7.52 Å². The molecule has 0 heterocycles. The molecule has 6 heteroatoms. The fraction of sp³-hybridized carbons (Fsp3) is 0.300. The van der Waals surface area contributed by atoms with Crippen LogP contribution < -0.4 is 5.09 Å². The lowest BCUT2D eigenvalue weighted by Gasteiger charge is -2.12. The third kappa shape index (κ3) is 4.47. The van der Waals surface area contributed by atoms with Crippen LogP contribution in [0.5, 0.6) is 0 Å². The number of ether oxygens (including phenoxy) is 1. The topological polar surface area (TPSA) is 64.6 Å². The molecule has 1 unspecified atom stereocenters. The molecule has 0 saturated carbocycles. The van der Waals surface area contributed by atoms with E-state index in [1.165, 1.54) is 13.8 Å². The summed E-state index contributed by atoms with van der Waals surface area (Å²) < 4.78 is 20.8. The number of carbonyl (C=O) groups excluding carboxylic acids is 1. The minimum absolute atomic E-state index is 0.135. The Kier molecular flexibility index (Phi) is 4.52. The van der Waals surface area contributed by atoms with E-state index in [0.29, 0.717) is 0 Å². The highest BCUT2D eigenvalue weighted by atomic mass is 31.2. The minimum Gasteiger partial charge on any atom is -0.444 e. The summed E-state index contributed by atoms with van der Waals surface area (Å²) in [5, 5.41) is 2.15. The Hall–Kier alpha value is -1.32. The average molecular weight is 243 g/mol. The van der Waals surface area contributed by atoms with E-state index in [4.69, 9.17) is 4.74 Å². The zero-order valence-corrected chi connectivity index (χ0v) is 10.1. The zero-order valence-electron chi connectivity index (χ0n) is 9.17. The van der Waals surface area contributed by atoms with Crippen LogP contribution in [-0.4, -0.2) is 19.9 Å². The van der Waals surface area contributed by atoms with Crippen LogP contribution in [0.15, 0.2) is 30.3 Å². The van der Waals surface area contributed by atoms with E-state index in [9.17, 15) is 9.36 Å². The van der Waals surface area contributed by atoms with Crippen molar-refractivity contribution in [1.29, 1.82) is 0 Å². The number of nitrogens with one attached hydrogen (secondary N) is 1. The summed E-state index contributed by atoms with van der Waals surface area (Å²) >= 11 is 0. The molecule has 0 aromatic heterocycles. The molecule has 1 N–H and O–H groups in total. The van der Waals surface area contributed by atoms with Crippen molar-refractivity contribution in [2.75, 3.05) is 13.8 Å². The van der Waals surface area contributed by atoms with Crippen molar-refractivity contribution < 1.29 is 18.6 Å². The molecule has 0 radical (unpaired) electrons. The van der Waals surface area contributed by atoms with Crippen molar-refractivity contribution in [3.05, 3.63) is 35.9 Å². The van der Waals surface area contributed by atoms with Crippen molar-refractivity contribution >= 4 is 13.6 Å². The maximum absolute atomic E-state index is 11.4. The molecule has 0 aliphatic carbocycles. The van der Waals surface area contributed by atoms with Gasteiger partial charge < -0.3 is 9.26 Å². The molecule has 0 aliphatic rings. The second-order valence-electron chi connectivity index (χ2n) is 3.20. The third-order valence-corrected chi connectivity index (χ3v) is 3.14. The fourth-order valence-electron chi connectivity index (χ4n) is 0.967. The SMILES string of the molecule is COP(C)(=O)NC(=O)OCc1ccccc1. The van der Waals surface area contributed by atoms with Crippen LogP contribution >= 0.6 is 7.52 Å². The predicted molar refractivity (Wildman–Crippen MR) is 60.3 cm³/mol. The first-order chi connectivity index (χ1) is 7.53. The van der Waals surface area contributed by atoms with Gasteiger partial charge >= 0.3 is 6.09 Å². The van der Waals surface area contributed by atoms with E-state index >= 15 is 0 Å². The molecule has 1 atom stereocenters. The van der Waals surface area contributed by atoms with E-state index in [0.717, 1.165) is 5.56 Å². The van der Waals surface area contributed by atoms with Crippen LogP contribution in [0.3, 0.4) is 0 Å². The summed E-state index contributed by atoms with van der Waals surface area (Å²) in [6.45, 7) is 1.44. The van der Waals surface area contributed by atoms with Crippen molar-refractivity contribution in [2.45, 2.75) is 6.61 Å². The average Bonchev–Trinajstić information content (AvgIpc) is 2.27. The number of hydrogen-bond acceptors (Lipinski definition) is 4. The summed E-state index contributed by atoms with van der Waals surface area (Å²) in [4.78, 5) is 11.2. The quantitative estimate of drug-likeness (QED) is 0.824. The highest BCUT2D eigenvalue weighted by molar-refractivity contribution is 7.56. The second kappa shape index (κ2) is 5.68. The molecule has 1 aromatic rings. The van der Waals surface area contributed by atoms with Crippen molar-refractivity contribution in [3.8, 4) is 0 Å². The molecule has 16 heavy (non-hydrogen) atoms. The van der Waals surface area contributed by atoms with Gasteiger partial charge in [-0.3, -0.25) is 9.65 Å². The first-order valence-electron chi connectivity index (χ1n) is 4.66. The lowest BCUT2D eigenvalue weighted by Crippen LogP contribution is -2.21. The number of hydrogen-bond donors (Lipinski definition) is 1. The molecule has 1 rings (SSSR count). The summed E-state index contributed by atoms with van der Waals surface area (Å²) in [6.07, 6.45) is -0.753. The molecule has 1 aromatic carbocycles. The predicted octanol–water partition coefficient (Wildman–Crippen LogP) is 2.38. The zero-order chi connectivity index (χ0) is 12.0. The molecule has 5 nitrogen and oxygen atoms in total. The first-order valence-corrected chi connectivity index (χ1v) is 6.73. The fourth-order valence-corrected chi connectivity index (χ4v) is 1.45. The van der Waals surface area contributed by atoms with Gasteiger partial charge in [-0.15, -0.1) is 0 Å². The molecule has 0 fully saturated rings. The van der Waals surface area contributed by atoms with Gasteiger partial charge in [0.2, 0.25) is 0 Å². The minimum atomic E-state index is -3.08. The summed E-state index contributed by atoms with van der Waals surface area (Å²) in [5.74, 6) is 0. The molecular weight excluding hydrogens is 229 g/mol. The Morgan fingerprint density at radius 2 is 2.00 bits per heavy atom. The van der Waals surface area contributed by atoms with Crippen LogP contribution in [0.2, 0.25) is 0 Å². The largest absolute Gasteiger partial charge is 0.444 e. The van der Waals surface area contributed by atoms with Crippen molar-refractivity contribution in [2.24, 2.45) is 0 Å². The van der Waals surface area contributed by atoms with E-state index in [-0.39, 0.29) is 6.61 Å². The van der Waals surface area contributed by atoms with E-state index in [2.05, 4.69) is 9.61 Å². The molecule has 1 amide bonds. The highest BCUT2D eigenvalue weighted by Crippen LogP contribution is 2.35. The number of benzene rings is 1. The Labute approximate surface area is 94.3 Å². The standard InChI is InChI=1S/C10H14NO4P/c1-14-16(2,13)11-10(12)15-8-9-6-4-3-5-7-9/h3-7H,8H2,1-2H3,(H,11,12,13). The lowest BCUT2D eigenvalue weighted by atomic mass is 10.2. The van der Waals surface area contributed by atoms with Crippen LogP contribution in [-0.2, 0) is 20.4 Å².